The topological polar surface area (TPSA) is 61.7 Å². The van der Waals surface area contributed by atoms with Gasteiger partial charge in [-0.1, -0.05) is 0 Å². The van der Waals surface area contributed by atoms with Gasteiger partial charge in [-0.25, -0.2) is 4.98 Å². The average Bonchev–Trinajstić information content (AvgIpc) is 2.75. The summed E-state index contributed by atoms with van der Waals surface area (Å²) in [5.74, 6) is 0. The van der Waals surface area contributed by atoms with Gasteiger partial charge in [0.2, 0.25) is 0 Å². The molecule has 2 aromatic heterocycles. The monoisotopic (exact) mass is 205 g/mol. The first-order valence-electron chi connectivity index (χ1n) is 4.90. The van der Waals surface area contributed by atoms with Crippen LogP contribution in [0.25, 0.3) is 0 Å². The molecule has 0 fully saturated rings. The van der Waals surface area contributed by atoms with Crippen molar-refractivity contribution in [3.63, 3.8) is 0 Å². The molecule has 5 heteroatoms. The zero-order valence-corrected chi connectivity index (χ0v) is 8.96. The van der Waals surface area contributed by atoms with E-state index in [1.165, 1.54) is 0 Å². The van der Waals surface area contributed by atoms with Crippen molar-refractivity contribution in [3.8, 4) is 0 Å². The SMILES string of the molecule is CC(N)c1cncn1Cc1cnn(C)c1. The molecule has 0 radical (unpaired) electrons. The van der Waals surface area contributed by atoms with Gasteiger partial charge in [-0.2, -0.15) is 5.10 Å². The molecule has 2 heterocycles. The predicted octanol–water partition coefficient (Wildman–Crippen LogP) is 0.685. The van der Waals surface area contributed by atoms with Gasteiger partial charge in [-0.15, -0.1) is 0 Å². The van der Waals surface area contributed by atoms with Gasteiger partial charge in [-0.3, -0.25) is 4.68 Å². The fraction of sp³-hybridized carbons (Fsp3) is 0.400. The Morgan fingerprint density at radius 1 is 1.47 bits per heavy atom. The van der Waals surface area contributed by atoms with E-state index in [-0.39, 0.29) is 6.04 Å². The fourth-order valence-corrected chi connectivity index (χ4v) is 1.59. The van der Waals surface area contributed by atoms with Crippen molar-refractivity contribution in [3.05, 3.63) is 36.2 Å². The third-order valence-electron chi connectivity index (χ3n) is 2.32. The second-order valence-electron chi connectivity index (χ2n) is 3.76. The first kappa shape index (κ1) is 9.92. The van der Waals surface area contributed by atoms with Crippen molar-refractivity contribution in [2.45, 2.75) is 19.5 Å². The minimum absolute atomic E-state index is 0.00386. The Hall–Kier alpha value is -1.62. The maximum absolute atomic E-state index is 5.84. The van der Waals surface area contributed by atoms with Crippen molar-refractivity contribution in [1.29, 1.82) is 0 Å². The minimum Gasteiger partial charge on any atom is -0.329 e. The Morgan fingerprint density at radius 2 is 2.27 bits per heavy atom. The maximum Gasteiger partial charge on any atom is 0.0951 e. The van der Waals surface area contributed by atoms with E-state index in [9.17, 15) is 0 Å². The molecule has 2 aromatic rings. The smallest absolute Gasteiger partial charge is 0.0951 e. The van der Waals surface area contributed by atoms with Gasteiger partial charge in [0.25, 0.3) is 0 Å². The normalized spacial score (nSPS) is 13.0. The average molecular weight is 205 g/mol. The highest BCUT2D eigenvalue weighted by atomic mass is 15.2. The molecule has 0 amide bonds. The molecular weight excluding hydrogens is 190 g/mol. The van der Waals surface area contributed by atoms with Crippen LogP contribution in [0.15, 0.2) is 24.9 Å². The molecule has 0 aliphatic heterocycles. The van der Waals surface area contributed by atoms with Crippen LogP contribution in [-0.4, -0.2) is 19.3 Å². The molecule has 2 rings (SSSR count). The summed E-state index contributed by atoms with van der Waals surface area (Å²) < 4.78 is 3.83. The van der Waals surface area contributed by atoms with Crippen LogP contribution in [0.2, 0.25) is 0 Å². The molecule has 1 unspecified atom stereocenters. The van der Waals surface area contributed by atoms with Gasteiger partial charge in [0.05, 0.1) is 24.8 Å². The maximum atomic E-state index is 5.84. The minimum atomic E-state index is 0.00386. The second-order valence-corrected chi connectivity index (χ2v) is 3.76. The van der Waals surface area contributed by atoms with Gasteiger partial charge in [0, 0.05) is 31.0 Å². The van der Waals surface area contributed by atoms with Gasteiger partial charge in [-0.05, 0) is 6.92 Å². The number of nitrogens with zero attached hydrogens (tertiary/aromatic N) is 4. The highest BCUT2D eigenvalue weighted by Gasteiger charge is 2.07. The molecule has 0 saturated carbocycles. The first-order valence-corrected chi connectivity index (χ1v) is 4.90. The molecule has 5 nitrogen and oxygen atoms in total. The van der Waals surface area contributed by atoms with Crippen molar-refractivity contribution in [1.82, 2.24) is 19.3 Å². The number of hydrogen-bond donors (Lipinski definition) is 1. The molecular formula is C10H15N5. The molecule has 2 N–H and O–H groups in total. The lowest BCUT2D eigenvalue weighted by atomic mass is 10.2. The van der Waals surface area contributed by atoms with Crippen LogP contribution in [-0.2, 0) is 13.6 Å². The Bertz CT molecular complexity index is 440. The molecule has 0 spiro atoms. The number of hydrogen-bond acceptors (Lipinski definition) is 3. The van der Waals surface area contributed by atoms with Crippen LogP contribution < -0.4 is 5.73 Å². The molecule has 1 atom stereocenters. The predicted molar refractivity (Wildman–Crippen MR) is 57.1 cm³/mol. The summed E-state index contributed by atoms with van der Waals surface area (Å²) in [6.45, 7) is 2.72. The molecule has 0 aliphatic rings. The summed E-state index contributed by atoms with van der Waals surface area (Å²) in [5, 5.41) is 4.12. The molecule has 15 heavy (non-hydrogen) atoms. The molecule has 0 saturated heterocycles. The molecule has 0 aliphatic carbocycles. The summed E-state index contributed by atoms with van der Waals surface area (Å²) in [6, 6.07) is 0.00386. The van der Waals surface area contributed by atoms with E-state index in [1.54, 1.807) is 17.2 Å². The van der Waals surface area contributed by atoms with E-state index in [1.807, 2.05) is 30.9 Å². The summed E-state index contributed by atoms with van der Waals surface area (Å²) in [5.41, 5.74) is 8.03. The standard InChI is InChI=1S/C10H15N5/c1-8(11)10-4-12-7-15(10)6-9-3-13-14(2)5-9/h3-5,7-8H,6,11H2,1-2H3. The van der Waals surface area contributed by atoms with Crippen LogP contribution in [0.5, 0.6) is 0 Å². The number of nitrogens with two attached hydrogens (primary N) is 1. The van der Waals surface area contributed by atoms with Gasteiger partial charge in [0.1, 0.15) is 0 Å². The summed E-state index contributed by atoms with van der Waals surface area (Å²) in [4.78, 5) is 4.10. The lowest BCUT2D eigenvalue weighted by Crippen LogP contribution is -2.12. The van der Waals surface area contributed by atoms with Crippen LogP contribution in [0, 0.1) is 0 Å². The van der Waals surface area contributed by atoms with Gasteiger partial charge < -0.3 is 10.3 Å². The van der Waals surface area contributed by atoms with Crippen molar-refractivity contribution < 1.29 is 0 Å². The number of imidazole rings is 1. The molecule has 80 valence electrons. The van der Waals surface area contributed by atoms with E-state index in [0.717, 1.165) is 17.8 Å². The fourth-order valence-electron chi connectivity index (χ4n) is 1.59. The van der Waals surface area contributed by atoms with E-state index < -0.39 is 0 Å². The summed E-state index contributed by atoms with van der Waals surface area (Å²) in [7, 11) is 1.91. The van der Waals surface area contributed by atoms with E-state index in [4.69, 9.17) is 5.73 Å². The Labute approximate surface area is 88.5 Å². The van der Waals surface area contributed by atoms with Crippen molar-refractivity contribution in [2.75, 3.05) is 0 Å². The second kappa shape index (κ2) is 3.86. The van der Waals surface area contributed by atoms with E-state index >= 15 is 0 Å². The molecule has 0 bridgehead atoms. The van der Waals surface area contributed by atoms with Crippen LogP contribution in [0.3, 0.4) is 0 Å². The van der Waals surface area contributed by atoms with Crippen LogP contribution >= 0.6 is 0 Å². The van der Waals surface area contributed by atoms with Crippen LogP contribution in [0.4, 0.5) is 0 Å². The van der Waals surface area contributed by atoms with Crippen molar-refractivity contribution >= 4 is 0 Å². The number of rotatable bonds is 3. The van der Waals surface area contributed by atoms with E-state index in [2.05, 4.69) is 10.1 Å². The Kier molecular flexibility index (Phi) is 2.55. The largest absolute Gasteiger partial charge is 0.329 e. The highest BCUT2D eigenvalue weighted by molar-refractivity contribution is 5.10. The van der Waals surface area contributed by atoms with E-state index in [0.29, 0.717) is 0 Å². The zero-order valence-electron chi connectivity index (χ0n) is 8.96. The summed E-state index contributed by atoms with van der Waals surface area (Å²) in [6.07, 6.45) is 7.45. The van der Waals surface area contributed by atoms with Crippen LogP contribution in [0.1, 0.15) is 24.2 Å². The Morgan fingerprint density at radius 3 is 2.87 bits per heavy atom. The van der Waals surface area contributed by atoms with Gasteiger partial charge in [0.15, 0.2) is 0 Å². The lowest BCUT2D eigenvalue weighted by molar-refractivity contribution is 0.674. The summed E-state index contributed by atoms with van der Waals surface area (Å²) >= 11 is 0. The first-order chi connectivity index (χ1) is 7.16. The zero-order chi connectivity index (χ0) is 10.8. The Balaban J connectivity index is 2.20. The van der Waals surface area contributed by atoms with Gasteiger partial charge >= 0.3 is 0 Å². The lowest BCUT2D eigenvalue weighted by Gasteiger charge is -2.09. The van der Waals surface area contributed by atoms with Crippen molar-refractivity contribution in [2.24, 2.45) is 12.8 Å². The number of aromatic nitrogens is 4. The quantitative estimate of drug-likeness (QED) is 0.801. The number of aryl methyl sites for hydroxylation is 1. The third kappa shape index (κ3) is 2.07. The highest BCUT2D eigenvalue weighted by Crippen LogP contribution is 2.10. The molecule has 0 aromatic carbocycles. The third-order valence-corrected chi connectivity index (χ3v) is 2.32.